The summed E-state index contributed by atoms with van der Waals surface area (Å²) >= 11 is 0. The van der Waals surface area contributed by atoms with Gasteiger partial charge in [0.15, 0.2) is 0 Å². The maximum absolute atomic E-state index is 11.1. The zero-order valence-electron chi connectivity index (χ0n) is 40.0. The van der Waals surface area contributed by atoms with Crippen LogP contribution in [0.4, 0.5) is 0 Å². The minimum atomic E-state index is -0.0761. The highest BCUT2D eigenvalue weighted by Crippen LogP contribution is 2.26. The summed E-state index contributed by atoms with van der Waals surface area (Å²) in [6.45, 7) is 33.1. The minimum Gasteiger partial charge on any atom is -0.469 e. The van der Waals surface area contributed by atoms with Crippen molar-refractivity contribution in [2.45, 2.75) is 231 Å². The number of aryl methyl sites for hydroxylation is 1. The number of unbranched alkanes of at least 4 members (excludes halogenated alkanes) is 12. The van der Waals surface area contributed by atoms with E-state index in [2.05, 4.69) is 108 Å². The molecule has 0 bridgehead atoms. The van der Waals surface area contributed by atoms with Crippen molar-refractivity contribution in [2.75, 3.05) is 40.5 Å². The van der Waals surface area contributed by atoms with Crippen molar-refractivity contribution in [2.24, 2.45) is 22.7 Å². The molecule has 0 amide bonds. The van der Waals surface area contributed by atoms with E-state index in [1.807, 2.05) is 12.5 Å². The summed E-state index contributed by atoms with van der Waals surface area (Å²) in [5, 5.41) is 0. The molecule has 6 nitrogen and oxygen atoms in total. The van der Waals surface area contributed by atoms with Gasteiger partial charge in [0.25, 0.3) is 0 Å². The average Bonchev–Trinajstić information content (AvgIpc) is 3.65. The van der Waals surface area contributed by atoms with Crippen molar-refractivity contribution in [1.82, 2.24) is 14.5 Å². The predicted octanol–water partition coefficient (Wildman–Crippen LogP) is 15.0. The van der Waals surface area contributed by atoms with Gasteiger partial charge in [-0.25, -0.2) is 4.98 Å². The monoisotopic (exact) mass is 780 g/mol. The Morgan fingerprint density at radius 1 is 0.673 bits per heavy atom. The van der Waals surface area contributed by atoms with Gasteiger partial charge in [-0.2, -0.15) is 0 Å². The van der Waals surface area contributed by atoms with Gasteiger partial charge in [0.2, 0.25) is 0 Å². The second-order valence-electron chi connectivity index (χ2n) is 18.8. The summed E-state index contributed by atoms with van der Waals surface area (Å²) in [6.07, 6.45) is 33.6. The van der Waals surface area contributed by atoms with E-state index in [1.54, 1.807) is 7.11 Å². The average molecular weight is 780 g/mol. The molecule has 330 valence electrons. The molecule has 2 atom stereocenters. The van der Waals surface area contributed by atoms with Crippen LogP contribution >= 0.6 is 0 Å². The van der Waals surface area contributed by atoms with Crippen LogP contribution in [0.25, 0.3) is 0 Å². The van der Waals surface area contributed by atoms with Crippen LogP contribution in [0.15, 0.2) is 18.7 Å². The number of ether oxygens (including phenoxy) is 2. The van der Waals surface area contributed by atoms with Gasteiger partial charge >= 0.3 is 5.97 Å². The summed E-state index contributed by atoms with van der Waals surface area (Å²) < 4.78 is 11.9. The summed E-state index contributed by atoms with van der Waals surface area (Å²) in [5.41, 5.74) is 0.997. The predicted molar refractivity (Wildman–Crippen MR) is 244 cm³/mol. The van der Waals surface area contributed by atoms with Gasteiger partial charge in [0.1, 0.15) is 0 Å². The lowest BCUT2D eigenvalue weighted by Crippen LogP contribution is -2.28. The third-order valence-electron chi connectivity index (χ3n) is 10.2. The summed E-state index contributed by atoms with van der Waals surface area (Å²) in [5.74, 6) is 1.63. The van der Waals surface area contributed by atoms with Crippen LogP contribution < -0.4 is 0 Å². The molecular formula is C49H101N3O3. The van der Waals surface area contributed by atoms with Crippen molar-refractivity contribution in [3.8, 4) is 0 Å². The Morgan fingerprint density at radius 3 is 1.64 bits per heavy atom. The molecule has 0 aromatic carbocycles. The van der Waals surface area contributed by atoms with Gasteiger partial charge in [-0.3, -0.25) is 4.79 Å². The SMILES string of the molecule is CCC(C)CCC(C)(C)C.CCCCC.CCCCCCCN(CCCCCCCCCC(=O)OC)CCCn1ccnc1.COCCC(C)CC(C)(C)C. The number of hydrogen-bond acceptors (Lipinski definition) is 5. The highest BCUT2D eigenvalue weighted by atomic mass is 16.5. The fourth-order valence-electron chi connectivity index (χ4n) is 6.46. The molecule has 1 aromatic heterocycles. The van der Waals surface area contributed by atoms with Gasteiger partial charge in [-0.05, 0) is 87.2 Å². The Morgan fingerprint density at radius 2 is 1.20 bits per heavy atom. The highest BCUT2D eigenvalue weighted by molar-refractivity contribution is 5.68. The number of methoxy groups -OCH3 is 2. The van der Waals surface area contributed by atoms with Gasteiger partial charge in [-0.1, -0.05) is 173 Å². The molecule has 1 rings (SSSR count). The largest absolute Gasteiger partial charge is 0.469 e. The first-order valence-electron chi connectivity index (χ1n) is 23.3. The van der Waals surface area contributed by atoms with Gasteiger partial charge < -0.3 is 18.9 Å². The maximum Gasteiger partial charge on any atom is 0.305 e. The molecular weight excluding hydrogens is 679 g/mol. The quantitative estimate of drug-likeness (QED) is 0.0599. The molecule has 0 aliphatic rings. The Balaban J connectivity index is -0.000000844. The minimum absolute atomic E-state index is 0.0761. The Bertz CT molecular complexity index is 873. The molecule has 0 spiro atoms. The normalized spacial score (nSPS) is 12.5. The van der Waals surface area contributed by atoms with E-state index < -0.39 is 0 Å². The molecule has 0 aliphatic carbocycles. The molecule has 0 N–H and O–H groups in total. The van der Waals surface area contributed by atoms with Crippen molar-refractivity contribution < 1.29 is 14.3 Å². The Hall–Kier alpha value is -1.40. The summed E-state index contributed by atoms with van der Waals surface area (Å²) in [4.78, 5) is 17.9. The number of carbonyl (C=O) groups excluding carboxylic acids is 1. The maximum atomic E-state index is 11.1. The zero-order chi connectivity index (χ0) is 42.2. The van der Waals surface area contributed by atoms with Crippen LogP contribution in [0.5, 0.6) is 0 Å². The lowest BCUT2D eigenvalue weighted by atomic mass is 9.84. The van der Waals surface area contributed by atoms with Crippen molar-refractivity contribution in [1.29, 1.82) is 0 Å². The van der Waals surface area contributed by atoms with Crippen molar-refractivity contribution in [3.63, 3.8) is 0 Å². The van der Waals surface area contributed by atoms with E-state index in [4.69, 9.17) is 4.74 Å². The third-order valence-corrected chi connectivity index (χ3v) is 10.2. The van der Waals surface area contributed by atoms with E-state index in [0.717, 1.165) is 37.8 Å². The molecule has 0 saturated carbocycles. The fraction of sp³-hybridized carbons (Fsp3) is 0.918. The van der Waals surface area contributed by atoms with E-state index in [0.29, 0.717) is 17.3 Å². The third kappa shape index (κ3) is 50.6. The molecule has 0 saturated heterocycles. The number of imidazole rings is 1. The molecule has 0 aliphatic heterocycles. The molecule has 2 unspecified atom stereocenters. The molecule has 0 radical (unpaired) electrons. The van der Waals surface area contributed by atoms with Crippen LogP contribution in [0.3, 0.4) is 0 Å². The van der Waals surface area contributed by atoms with Crippen LogP contribution in [-0.4, -0.2) is 60.9 Å². The summed E-state index contributed by atoms with van der Waals surface area (Å²) in [6, 6.07) is 0. The molecule has 1 aromatic rings. The molecule has 6 heteroatoms. The number of rotatable bonds is 29. The Labute approximate surface area is 346 Å². The first-order valence-corrected chi connectivity index (χ1v) is 23.3. The second-order valence-corrected chi connectivity index (χ2v) is 18.8. The molecule has 55 heavy (non-hydrogen) atoms. The molecule has 1 heterocycles. The van der Waals surface area contributed by atoms with Crippen molar-refractivity contribution in [3.05, 3.63) is 18.7 Å². The second kappa shape index (κ2) is 40.8. The number of nitrogens with zero attached hydrogens (tertiary/aromatic N) is 3. The van der Waals surface area contributed by atoms with E-state index in [9.17, 15) is 4.79 Å². The number of aromatic nitrogens is 2. The first-order chi connectivity index (χ1) is 26.1. The number of esters is 1. The van der Waals surface area contributed by atoms with Gasteiger partial charge in [-0.15, -0.1) is 0 Å². The lowest BCUT2D eigenvalue weighted by Gasteiger charge is -2.22. The number of hydrogen-bond donors (Lipinski definition) is 0. The van der Waals surface area contributed by atoms with Crippen LogP contribution in [-0.2, 0) is 20.8 Å². The number of carbonyl (C=O) groups is 1. The standard InChI is InChI=1S/C24H45N3O2.C10H22O.C10H22.C5H12/c1-3-4-5-10-13-18-26(20-15-21-27-22-17-25-23-27)19-14-11-8-6-7-9-12-16-24(28)29-2;1-9(6-7-11-5)8-10(2,3)4;1-6-9(2)7-8-10(3,4)5;1-3-5-4-2/h17,22-23H,3-16,18-21H2,1-2H3;9H,6-8H2,1-5H3;9H,6-8H2,1-5H3;3-5H2,1-2H3. The lowest BCUT2D eigenvalue weighted by molar-refractivity contribution is -0.140. The summed E-state index contributed by atoms with van der Waals surface area (Å²) in [7, 11) is 3.23. The van der Waals surface area contributed by atoms with Gasteiger partial charge in [0.05, 0.1) is 13.4 Å². The van der Waals surface area contributed by atoms with Crippen LogP contribution in [0.1, 0.15) is 224 Å². The topological polar surface area (TPSA) is 56.6 Å². The van der Waals surface area contributed by atoms with Crippen molar-refractivity contribution >= 4 is 5.97 Å². The van der Waals surface area contributed by atoms with E-state index in [-0.39, 0.29) is 5.97 Å². The van der Waals surface area contributed by atoms with E-state index in [1.165, 1.54) is 149 Å². The van der Waals surface area contributed by atoms with Crippen LogP contribution in [0, 0.1) is 22.7 Å². The first kappa shape index (κ1) is 57.9. The van der Waals surface area contributed by atoms with Crippen LogP contribution in [0.2, 0.25) is 0 Å². The smallest absolute Gasteiger partial charge is 0.305 e. The van der Waals surface area contributed by atoms with E-state index >= 15 is 0 Å². The Kier molecular flexibility index (Phi) is 42.9. The zero-order valence-corrected chi connectivity index (χ0v) is 40.0. The molecule has 0 fully saturated rings. The highest BCUT2D eigenvalue weighted by Gasteiger charge is 2.14. The van der Waals surface area contributed by atoms with Gasteiger partial charge in [0, 0.05) is 39.1 Å². The fourth-order valence-corrected chi connectivity index (χ4v) is 6.46.